The molecule has 0 heterocycles. The molecule has 0 saturated heterocycles. The van der Waals surface area contributed by atoms with Crippen LogP contribution in [0.2, 0.25) is 0 Å². The monoisotopic (exact) mass is 204 g/mol. The third kappa shape index (κ3) is 2.67. The number of allylic oxidation sites excluding steroid dienone is 2. The van der Waals surface area contributed by atoms with Crippen molar-refractivity contribution in [1.29, 1.82) is 0 Å². The number of hydrogen-bond donors (Lipinski definition) is 1. The Morgan fingerprint density at radius 1 is 1.60 bits per heavy atom. The van der Waals surface area contributed by atoms with Crippen molar-refractivity contribution in [2.24, 2.45) is 0 Å². The third-order valence-electron chi connectivity index (χ3n) is 1.54. The van der Waals surface area contributed by atoms with Gasteiger partial charge in [0, 0.05) is 0 Å². The van der Waals surface area contributed by atoms with Crippen molar-refractivity contribution in [3.63, 3.8) is 0 Å². The fourth-order valence-electron chi connectivity index (χ4n) is 0.815. The standard InChI is InChI=1S/C8H12O.BrH/c1-7-3-5-8(2,9)6-4-7;/h3-5,9H,6H2,1-2H3;1H. The van der Waals surface area contributed by atoms with Crippen LogP contribution in [0.4, 0.5) is 0 Å². The summed E-state index contributed by atoms with van der Waals surface area (Å²) < 4.78 is 0. The molecular weight excluding hydrogens is 192 g/mol. The summed E-state index contributed by atoms with van der Waals surface area (Å²) in [4.78, 5) is 0. The number of aliphatic hydroxyl groups is 1. The Balaban J connectivity index is 0.000000810. The summed E-state index contributed by atoms with van der Waals surface area (Å²) in [5, 5.41) is 9.36. The van der Waals surface area contributed by atoms with Crippen LogP contribution >= 0.6 is 17.0 Å². The first-order valence-electron chi connectivity index (χ1n) is 3.18. The van der Waals surface area contributed by atoms with E-state index in [9.17, 15) is 5.11 Å². The van der Waals surface area contributed by atoms with Gasteiger partial charge in [-0.15, -0.1) is 17.0 Å². The van der Waals surface area contributed by atoms with E-state index in [4.69, 9.17) is 0 Å². The summed E-state index contributed by atoms with van der Waals surface area (Å²) >= 11 is 0. The highest BCUT2D eigenvalue weighted by atomic mass is 79.9. The van der Waals surface area contributed by atoms with Crippen molar-refractivity contribution in [3.8, 4) is 0 Å². The molecule has 0 fully saturated rings. The zero-order chi connectivity index (χ0) is 6.91. The van der Waals surface area contributed by atoms with Gasteiger partial charge >= 0.3 is 0 Å². The second-order valence-corrected chi connectivity index (χ2v) is 2.84. The lowest BCUT2D eigenvalue weighted by molar-refractivity contribution is 0.113. The Bertz CT molecular complexity index is 168. The SMILES string of the molecule is Br.CC1=CCC(C)(O)C=C1. The molecule has 0 radical (unpaired) electrons. The largest absolute Gasteiger partial charge is 0.386 e. The predicted molar refractivity (Wildman–Crippen MR) is 48.5 cm³/mol. The maximum absolute atomic E-state index is 9.36. The third-order valence-corrected chi connectivity index (χ3v) is 1.54. The average Bonchev–Trinajstić information content (AvgIpc) is 1.78. The van der Waals surface area contributed by atoms with Gasteiger partial charge in [-0.2, -0.15) is 0 Å². The lowest BCUT2D eigenvalue weighted by Gasteiger charge is -2.19. The molecule has 0 spiro atoms. The van der Waals surface area contributed by atoms with Gasteiger partial charge in [0.25, 0.3) is 0 Å². The van der Waals surface area contributed by atoms with E-state index in [1.807, 2.05) is 32.1 Å². The van der Waals surface area contributed by atoms with E-state index in [2.05, 4.69) is 0 Å². The van der Waals surface area contributed by atoms with Crippen molar-refractivity contribution < 1.29 is 5.11 Å². The molecule has 1 N–H and O–H groups in total. The van der Waals surface area contributed by atoms with Crippen LogP contribution in [-0.4, -0.2) is 10.7 Å². The Labute approximate surface area is 72.2 Å². The topological polar surface area (TPSA) is 20.2 Å². The summed E-state index contributed by atoms with van der Waals surface area (Å²) in [6, 6.07) is 0. The lowest BCUT2D eigenvalue weighted by Crippen LogP contribution is -2.21. The molecule has 1 aliphatic rings. The number of halogens is 1. The Morgan fingerprint density at radius 2 is 2.20 bits per heavy atom. The van der Waals surface area contributed by atoms with Gasteiger partial charge in [0.2, 0.25) is 0 Å². The highest BCUT2D eigenvalue weighted by molar-refractivity contribution is 8.93. The molecule has 0 aromatic rings. The molecule has 0 saturated carbocycles. The van der Waals surface area contributed by atoms with Crippen molar-refractivity contribution in [1.82, 2.24) is 0 Å². The molecule has 1 atom stereocenters. The lowest BCUT2D eigenvalue weighted by atomic mass is 9.95. The van der Waals surface area contributed by atoms with Crippen LogP contribution in [0.1, 0.15) is 20.3 Å². The van der Waals surface area contributed by atoms with Crippen LogP contribution in [0, 0.1) is 0 Å². The van der Waals surface area contributed by atoms with Gasteiger partial charge in [-0.1, -0.05) is 23.8 Å². The zero-order valence-electron chi connectivity index (χ0n) is 6.29. The van der Waals surface area contributed by atoms with E-state index < -0.39 is 5.60 Å². The summed E-state index contributed by atoms with van der Waals surface area (Å²) in [6.45, 7) is 3.85. The van der Waals surface area contributed by atoms with Gasteiger partial charge in [0.15, 0.2) is 0 Å². The zero-order valence-corrected chi connectivity index (χ0v) is 8.01. The minimum atomic E-state index is -0.598. The van der Waals surface area contributed by atoms with Crippen molar-refractivity contribution >= 4 is 17.0 Å². The highest BCUT2D eigenvalue weighted by Gasteiger charge is 2.16. The van der Waals surface area contributed by atoms with Gasteiger partial charge < -0.3 is 5.11 Å². The molecule has 10 heavy (non-hydrogen) atoms. The van der Waals surface area contributed by atoms with Gasteiger partial charge in [-0.3, -0.25) is 0 Å². The minimum Gasteiger partial charge on any atom is -0.386 e. The molecule has 0 amide bonds. The molecule has 0 bridgehead atoms. The number of rotatable bonds is 0. The van der Waals surface area contributed by atoms with Gasteiger partial charge in [-0.05, 0) is 20.3 Å². The molecule has 1 unspecified atom stereocenters. The van der Waals surface area contributed by atoms with Crippen LogP contribution in [-0.2, 0) is 0 Å². The highest BCUT2D eigenvalue weighted by Crippen LogP contribution is 2.18. The van der Waals surface area contributed by atoms with Gasteiger partial charge in [0.05, 0.1) is 5.60 Å². The average molecular weight is 205 g/mol. The van der Waals surface area contributed by atoms with Crippen LogP contribution in [0.15, 0.2) is 23.8 Å². The molecule has 1 rings (SSSR count). The van der Waals surface area contributed by atoms with Crippen molar-refractivity contribution in [2.45, 2.75) is 25.9 Å². The van der Waals surface area contributed by atoms with Gasteiger partial charge in [0.1, 0.15) is 0 Å². The first-order valence-corrected chi connectivity index (χ1v) is 3.18. The molecule has 0 aromatic heterocycles. The second-order valence-electron chi connectivity index (χ2n) is 2.84. The fraction of sp³-hybridized carbons (Fsp3) is 0.500. The Morgan fingerprint density at radius 3 is 2.50 bits per heavy atom. The van der Waals surface area contributed by atoms with E-state index in [0.717, 1.165) is 6.42 Å². The molecule has 0 aliphatic heterocycles. The van der Waals surface area contributed by atoms with Crippen molar-refractivity contribution in [3.05, 3.63) is 23.8 Å². The Kier molecular flexibility index (Phi) is 3.33. The Hall–Kier alpha value is -0.0800. The van der Waals surface area contributed by atoms with E-state index >= 15 is 0 Å². The molecule has 1 aliphatic carbocycles. The first-order chi connectivity index (χ1) is 4.10. The van der Waals surface area contributed by atoms with E-state index in [1.165, 1.54) is 5.57 Å². The smallest absolute Gasteiger partial charge is 0.0837 e. The number of hydrogen-bond acceptors (Lipinski definition) is 1. The first kappa shape index (κ1) is 9.92. The maximum Gasteiger partial charge on any atom is 0.0837 e. The van der Waals surface area contributed by atoms with E-state index in [1.54, 1.807) is 0 Å². The van der Waals surface area contributed by atoms with Crippen molar-refractivity contribution in [2.75, 3.05) is 0 Å². The van der Waals surface area contributed by atoms with Crippen LogP contribution in [0.3, 0.4) is 0 Å². The second kappa shape index (κ2) is 3.35. The minimum absolute atomic E-state index is 0. The molecule has 2 heteroatoms. The van der Waals surface area contributed by atoms with Gasteiger partial charge in [-0.25, -0.2) is 0 Å². The van der Waals surface area contributed by atoms with Crippen LogP contribution < -0.4 is 0 Å². The van der Waals surface area contributed by atoms with E-state index in [0.29, 0.717) is 0 Å². The summed E-state index contributed by atoms with van der Waals surface area (Å²) in [5.74, 6) is 0. The predicted octanol–water partition coefficient (Wildman–Crippen LogP) is 2.22. The van der Waals surface area contributed by atoms with E-state index in [-0.39, 0.29) is 17.0 Å². The quantitative estimate of drug-likeness (QED) is 0.642. The van der Waals surface area contributed by atoms with Crippen LogP contribution in [0.5, 0.6) is 0 Å². The molecule has 58 valence electrons. The van der Waals surface area contributed by atoms with Crippen LogP contribution in [0.25, 0.3) is 0 Å². The summed E-state index contributed by atoms with van der Waals surface area (Å²) in [6.07, 6.45) is 6.57. The molecule has 1 nitrogen and oxygen atoms in total. The normalized spacial score (nSPS) is 30.9. The summed E-state index contributed by atoms with van der Waals surface area (Å²) in [7, 11) is 0. The molecule has 0 aromatic carbocycles. The fourth-order valence-corrected chi connectivity index (χ4v) is 0.815. The molecular formula is C8H13BrO. The maximum atomic E-state index is 9.36. The summed E-state index contributed by atoms with van der Waals surface area (Å²) in [5.41, 5.74) is 0.640.